The minimum atomic E-state index is -0.706. The molecule has 124 valence electrons. The van der Waals surface area contributed by atoms with Gasteiger partial charge in [0.1, 0.15) is 11.5 Å². The maximum Gasteiger partial charge on any atom is 0.139 e. The van der Waals surface area contributed by atoms with Crippen molar-refractivity contribution in [1.82, 2.24) is 0 Å². The normalized spacial score (nSPS) is 38.7. The topological polar surface area (TPSA) is 46.5 Å². The summed E-state index contributed by atoms with van der Waals surface area (Å²) in [6.07, 6.45) is 5.91. The zero-order valence-electron chi connectivity index (χ0n) is 14.1. The molecule has 4 rings (SSSR count). The van der Waals surface area contributed by atoms with Gasteiger partial charge in [-0.2, -0.15) is 0 Å². The third-order valence-corrected chi connectivity index (χ3v) is 7.12. The molecule has 0 saturated heterocycles. The zero-order valence-corrected chi connectivity index (χ0v) is 14.1. The number of fused-ring (bicyclic) bond motifs is 5. The molecular formula is C20H26O3. The molecule has 0 aliphatic heterocycles. The van der Waals surface area contributed by atoms with E-state index in [4.69, 9.17) is 4.74 Å². The van der Waals surface area contributed by atoms with Gasteiger partial charge in [0.2, 0.25) is 0 Å². The van der Waals surface area contributed by atoms with E-state index in [1.54, 1.807) is 7.11 Å². The van der Waals surface area contributed by atoms with E-state index in [9.17, 15) is 9.90 Å². The van der Waals surface area contributed by atoms with Gasteiger partial charge in [0.05, 0.1) is 12.7 Å². The summed E-state index contributed by atoms with van der Waals surface area (Å²) < 4.78 is 5.35. The van der Waals surface area contributed by atoms with Gasteiger partial charge in [-0.15, -0.1) is 0 Å². The van der Waals surface area contributed by atoms with E-state index in [-0.39, 0.29) is 17.3 Å². The third kappa shape index (κ3) is 1.89. The van der Waals surface area contributed by atoms with Gasteiger partial charge in [-0.25, -0.2) is 0 Å². The van der Waals surface area contributed by atoms with Gasteiger partial charge in [0, 0.05) is 23.7 Å². The monoisotopic (exact) mass is 314 g/mol. The van der Waals surface area contributed by atoms with Crippen LogP contribution in [0, 0.1) is 11.3 Å². The zero-order chi connectivity index (χ0) is 16.2. The predicted octanol–water partition coefficient (Wildman–Crippen LogP) is 3.63. The molecule has 0 heterocycles. The molecule has 1 N–H and O–H groups in total. The predicted molar refractivity (Wildman–Crippen MR) is 88.7 cm³/mol. The van der Waals surface area contributed by atoms with E-state index in [0.717, 1.165) is 44.3 Å². The Kier molecular flexibility index (Phi) is 3.35. The van der Waals surface area contributed by atoms with E-state index in [1.807, 2.05) is 6.07 Å². The van der Waals surface area contributed by atoms with Gasteiger partial charge in [-0.3, -0.25) is 4.79 Å². The number of methoxy groups -OCH3 is 1. The summed E-state index contributed by atoms with van der Waals surface area (Å²) in [5, 5.41) is 11.7. The van der Waals surface area contributed by atoms with Gasteiger partial charge in [0.25, 0.3) is 0 Å². The molecule has 2 saturated carbocycles. The Morgan fingerprint density at radius 2 is 2.09 bits per heavy atom. The largest absolute Gasteiger partial charge is 0.497 e. The fraction of sp³-hybridized carbons (Fsp3) is 0.650. The Bertz CT molecular complexity index is 652. The Morgan fingerprint density at radius 3 is 2.83 bits per heavy atom. The van der Waals surface area contributed by atoms with Gasteiger partial charge in [-0.05, 0) is 61.8 Å². The number of hydrogen-bond acceptors (Lipinski definition) is 3. The first-order chi connectivity index (χ1) is 11.0. The molecule has 0 radical (unpaired) electrons. The van der Waals surface area contributed by atoms with E-state index >= 15 is 0 Å². The molecule has 3 aliphatic rings. The minimum Gasteiger partial charge on any atom is -0.497 e. The van der Waals surface area contributed by atoms with Crippen molar-refractivity contribution in [3.63, 3.8) is 0 Å². The molecule has 1 aromatic carbocycles. The van der Waals surface area contributed by atoms with Crippen LogP contribution in [-0.4, -0.2) is 23.6 Å². The number of ether oxygens (including phenoxy) is 1. The number of rotatable bonds is 2. The highest BCUT2D eigenvalue weighted by molar-refractivity contribution is 5.87. The number of ketones is 1. The fourth-order valence-electron chi connectivity index (χ4n) is 5.93. The lowest BCUT2D eigenvalue weighted by atomic mass is 9.52. The molecule has 3 nitrogen and oxygen atoms in total. The van der Waals surface area contributed by atoms with Gasteiger partial charge in [-0.1, -0.05) is 13.0 Å². The Balaban J connectivity index is 1.77. The molecule has 0 spiro atoms. The number of benzene rings is 1. The van der Waals surface area contributed by atoms with Crippen molar-refractivity contribution in [2.24, 2.45) is 11.3 Å². The van der Waals surface area contributed by atoms with Crippen LogP contribution in [0.5, 0.6) is 5.75 Å². The van der Waals surface area contributed by atoms with Crippen LogP contribution in [0.3, 0.4) is 0 Å². The molecule has 0 aromatic heterocycles. The molecular weight excluding hydrogens is 288 g/mol. The molecule has 3 aliphatic carbocycles. The summed E-state index contributed by atoms with van der Waals surface area (Å²) in [5.74, 6) is 1.61. The van der Waals surface area contributed by atoms with Crippen LogP contribution in [-0.2, 0) is 11.2 Å². The fourth-order valence-corrected chi connectivity index (χ4v) is 5.93. The maximum absolute atomic E-state index is 12.6. The lowest BCUT2D eigenvalue weighted by molar-refractivity contribution is -0.149. The van der Waals surface area contributed by atoms with Gasteiger partial charge < -0.3 is 9.84 Å². The van der Waals surface area contributed by atoms with Crippen LogP contribution in [0.25, 0.3) is 0 Å². The Morgan fingerprint density at radius 1 is 1.26 bits per heavy atom. The van der Waals surface area contributed by atoms with Crippen molar-refractivity contribution in [1.29, 1.82) is 0 Å². The lowest BCUT2D eigenvalue weighted by Gasteiger charge is -2.55. The van der Waals surface area contributed by atoms with Crippen LogP contribution in [0.2, 0.25) is 0 Å². The van der Waals surface area contributed by atoms with Crippen LogP contribution in [0.15, 0.2) is 18.2 Å². The molecule has 4 atom stereocenters. The smallest absolute Gasteiger partial charge is 0.139 e. The average molecular weight is 314 g/mol. The summed E-state index contributed by atoms with van der Waals surface area (Å²) in [7, 11) is 1.70. The maximum atomic E-state index is 12.6. The van der Waals surface area contributed by atoms with E-state index in [0.29, 0.717) is 12.2 Å². The molecule has 0 unspecified atom stereocenters. The first-order valence-electron chi connectivity index (χ1n) is 8.97. The Hall–Kier alpha value is -1.35. The average Bonchev–Trinajstić information content (AvgIpc) is 2.92. The van der Waals surface area contributed by atoms with Crippen molar-refractivity contribution in [2.45, 2.75) is 63.4 Å². The quantitative estimate of drug-likeness (QED) is 0.907. The lowest BCUT2D eigenvalue weighted by Crippen LogP contribution is -2.56. The third-order valence-electron chi connectivity index (χ3n) is 7.12. The number of carbonyl (C=O) groups is 1. The number of Topliss-reactive ketones (excluding diaryl/α,β-unsaturated/α-hetero) is 1. The standard InChI is InChI=1S/C20H26O3/c1-3-19-10-9-16-15-5-4-14(23-2)12-13(15)8-11-20(16,22)17(19)6-7-18(19)21/h4-5,12,16-17,22H,3,6-11H2,1-2H3/t16-,17-,19+,20+/m1/s1. The second-order valence-electron chi connectivity index (χ2n) is 7.67. The van der Waals surface area contributed by atoms with E-state index < -0.39 is 5.60 Å². The second-order valence-corrected chi connectivity index (χ2v) is 7.67. The van der Waals surface area contributed by atoms with Crippen LogP contribution >= 0.6 is 0 Å². The molecule has 0 bridgehead atoms. The van der Waals surface area contributed by atoms with Crippen LogP contribution in [0.4, 0.5) is 0 Å². The van der Waals surface area contributed by atoms with Crippen LogP contribution in [0.1, 0.15) is 62.5 Å². The molecule has 2 fully saturated rings. The van der Waals surface area contributed by atoms with E-state index in [1.165, 1.54) is 11.1 Å². The summed E-state index contributed by atoms with van der Waals surface area (Å²) in [4.78, 5) is 12.6. The molecule has 0 amide bonds. The Labute approximate surface area is 138 Å². The minimum absolute atomic E-state index is 0.140. The second kappa shape index (κ2) is 5.07. The number of aliphatic hydroxyl groups is 1. The van der Waals surface area contributed by atoms with Crippen molar-refractivity contribution in [2.75, 3.05) is 7.11 Å². The van der Waals surface area contributed by atoms with Gasteiger partial charge in [0.15, 0.2) is 0 Å². The number of aryl methyl sites for hydroxylation is 1. The first kappa shape index (κ1) is 15.2. The summed E-state index contributed by atoms with van der Waals surface area (Å²) in [6, 6.07) is 6.27. The number of hydrogen-bond donors (Lipinski definition) is 1. The first-order valence-corrected chi connectivity index (χ1v) is 8.97. The summed E-state index contributed by atoms with van der Waals surface area (Å²) >= 11 is 0. The van der Waals surface area contributed by atoms with Crippen molar-refractivity contribution in [3.8, 4) is 5.75 Å². The molecule has 23 heavy (non-hydrogen) atoms. The SMILES string of the molecule is CC[C@]12CC[C@@H]3c4ccc(OC)cc4CC[C@@]3(O)[C@@H]1CCC2=O. The summed E-state index contributed by atoms with van der Waals surface area (Å²) in [6.45, 7) is 2.13. The highest BCUT2D eigenvalue weighted by Gasteiger charge is 2.62. The highest BCUT2D eigenvalue weighted by Crippen LogP contribution is 2.62. The van der Waals surface area contributed by atoms with Crippen molar-refractivity contribution < 1.29 is 14.6 Å². The molecule has 3 heteroatoms. The van der Waals surface area contributed by atoms with Crippen molar-refractivity contribution >= 4 is 5.78 Å². The number of carbonyl (C=O) groups excluding carboxylic acids is 1. The van der Waals surface area contributed by atoms with E-state index in [2.05, 4.69) is 19.1 Å². The highest BCUT2D eigenvalue weighted by atomic mass is 16.5. The molecule has 1 aromatic rings. The van der Waals surface area contributed by atoms with Gasteiger partial charge >= 0.3 is 0 Å². The van der Waals surface area contributed by atoms with Crippen LogP contribution < -0.4 is 4.74 Å². The summed E-state index contributed by atoms with van der Waals surface area (Å²) in [5.41, 5.74) is 1.63. The van der Waals surface area contributed by atoms with Crippen molar-refractivity contribution in [3.05, 3.63) is 29.3 Å².